The molecule has 2 aromatic carbocycles. The van der Waals surface area contributed by atoms with Crippen molar-refractivity contribution >= 4 is 39.9 Å². The highest BCUT2D eigenvalue weighted by molar-refractivity contribution is 7.15. The summed E-state index contributed by atoms with van der Waals surface area (Å²) in [6, 6.07) is 13.2. The Balaban J connectivity index is 1.43. The van der Waals surface area contributed by atoms with Crippen molar-refractivity contribution in [2.24, 2.45) is 0 Å². The SMILES string of the molecule is Cc1ccc2c(c1)C(=O)O[C@H](C(=O)Nc1ncc(Cc3ccccc3Cl)s1)C2. The van der Waals surface area contributed by atoms with Crippen LogP contribution in [0.15, 0.2) is 48.7 Å². The van der Waals surface area contributed by atoms with Crippen LogP contribution in [0.2, 0.25) is 5.02 Å². The minimum atomic E-state index is -0.862. The molecule has 1 aromatic heterocycles. The van der Waals surface area contributed by atoms with Crippen LogP contribution in [0.1, 0.15) is 31.9 Å². The number of carbonyl (C=O) groups is 2. The molecule has 0 aliphatic carbocycles. The maximum atomic E-state index is 12.6. The molecule has 0 bridgehead atoms. The van der Waals surface area contributed by atoms with Gasteiger partial charge in [-0.1, -0.05) is 47.5 Å². The van der Waals surface area contributed by atoms with Crippen molar-refractivity contribution in [2.45, 2.75) is 25.9 Å². The molecular formula is C21H17ClN2O3S. The highest BCUT2D eigenvalue weighted by Crippen LogP contribution is 2.26. The largest absolute Gasteiger partial charge is 0.448 e. The highest BCUT2D eigenvalue weighted by Gasteiger charge is 2.31. The normalized spacial score (nSPS) is 15.6. The van der Waals surface area contributed by atoms with Crippen molar-refractivity contribution in [2.75, 3.05) is 5.32 Å². The van der Waals surface area contributed by atoms with Crippen LogP contribution in [0, 0.1) is 6.92 Å². The first-order valence-electron chi connectivity index (χ1n) is 8.79. The number of hydrogen-bond donors (Lipinski definition) is 1. The molecule has 1 aliphatic rings. The van der Waals surface area contributed by atoms with Gasteiger partial charge in [0.25, 0.3) is 5.91 Å². The third-order valence-corrected chi connectivity index (χ3v) is 5.82. The van der Waals surface area contributed by atoms with Gasteiger partial charge in [0.15, 0.2) is 11.2 Å². The maximum absolute atomic E-state index is 12.6. The summed E-state index contributed by atoms with van der Waals surface area (Å²) in [5.41, 5.74) is 3.33. The number of benzene rings is 2. The van der Waals surface area contributed by atoms with E-state index in [-0.39, 0.29) is 5.91 Å². The van der Waals surface area contributed by atoms with E-state index >= 15 is 0 Å². The van der Waals surface area contributed by atoms with Gasteiger partial charge in [-0.05, 0) is 30.2 Å². The molecule has 3 aromatic rings. The number of fused-ring (bicyclic) bond motifs is 1. The van der Waals surface area contributed by atoms with Crippen LogP contribution < -0.4 is 5.32 Å². The van der Waals surface area contributed by atoms with Crippen LogP contribution in [0.5, 0.6) is 0 Å². The van der Waals surface area contributed by atoms with E-state index in [1.165, 1.54) is 11.3 Å². The molecule has 0 radical (unpaired) electrons. The molecule has 0 saturated carbocycles. The second-order valence-electron chi connectivity index (χ2n) is 6.65. The predicted molar refractivity (Wildman–Crippen MR) is 109 cm³/mol. The standard InChI is InChI=1S/C21H17ClN2O3S/c1-12-6-7-13-10-18(27-20(26)16(13)8-12)19(25)24-21-23-11-15(28-21)9-14-4-2-3-5-17(14)22/h2-8,11,18H,9-10H2,1H3,(H,23,24,25)/t18-/m0/s1. The number of anilines is 1. The summed E-state index contributed by atoms with van der Waals surface area (Å²) in [6.45, 7) is 1.91. The fraction of sp³-hybridized carbons (Fsp3) is 0.190. The Hall–Kier alpha value is -2.70. The monoisotopic (exact) mass is 412 g/mol. The smallest absolute Gasteiger partial charge is 0.339 e. The summed E-state index contributed by atoms with van der Waals surface area (Å²) in [5, 5.41) is 3.92. The zero-order valence-corrected chi connectivity index (χ0v) is 16.6. The van der Waals surface area contributed by atoms with Gasteiger partial charge in [0, 0.05) is 28.9 Å². The molecule has 0 saturated heterocycles. The fourth-order valence-corrected chi connectivity index (χ4v) is 4.14. The van der Waals surface area contributed by atoms with Crippen molar-refractivity contribution in [3.8, 4) is 0 Å². The molecule has 1 aliphatic heterocycles. The van der Waals surface area contributed by atoms with E-state index in [1.54, 1.807) is 12.3 Å². The Morgan fingerprint density at radius 3 is 2.96 bits per heavy atom. The van der Waals surface area contributed by atoms with Gasteiger partial charge >= 0.3 is 5.97 Å². The molecule has 1 amide bonds. The zero-order valence-electron chi connectivity index (χ0n) is 15.1. The molecule has 0 fully saturated rings. The molecule has 0 spiro atoms. The number of ether oxygens (including phenoxy) is 1. The zero-order chi connectivity index (χ0) is 19.7. The predicted octanol–water partition coefficient (Wildman–Crippen LogP) is 4.42. The van der Waals surface area contributed by atoms with Crippen LogP contribution >= 0.6 is 22.9 Å². The minimum Gasteiger partial charge on any atom is -0.448 e. The molecule has 1 N–H and O–H groups in total. The first kappa shape index (κ1) is 18.7. The molecule has 142 valence electrons. The molecule has 4 rings (SSSR count). The van der Waals surface area contributed by atoms with E-state index in [2.05, 4.69) is 10.3 Å². The van der Waals surface area contributed by atoms with Gasteiger partial charge in [0.1, 0.15) is 0 Å². The third kappa shape index (κ3) is 3.93. The van der Waals surface area contributed by atoms with Crippen LogP contribution in [-0.2, 0) is 22.4 Å². The third-order valence-electron chi connectivity index (χ3n) is 4.54. The summed E-state index contributed by atoms with van der Waals surface area (Å²) in [6.07, 6.45) is 1.84. The lowest BCUT2D eigenvalue weighted by atomic mass is 9.96. The number of esters is 1. The summed E-state index contributed by atoms with van der Waals surface area (Å²) in [7, 11) is 0. The van der Waals surface area contributed by atoms with Gasteiger partial charge in [0.2, 0.25) is 0 Å². The van der Waals surface area contributed by atoms with Gasteiger partial charge in [-0.25, -0.2) is 9.78 Å². The molecule has 28 heavy (non-hydrogen) atoms. The molecule has 7 heteroatoms. The number of carbonyl (C=O) groups excluding carboxylic acids is 2. The van der Waals surface area contributed by atoms with Crippen molar-refractivity contribution in [3.05, 3.63) is 80.8 Å². The quantitative estimate of drug-likeness (QED) is 0.644. The number of hydrogen-bond acceptors (Lipinski definition) is 5. The number of rotatable bonds is 4. The van der Waals surface area contributed by atoms with Crippen molar-refractivity contribution in [1.82, 2.24) is 4.98 Å². The van der Waals surface area contributed by atoms with E-state index in [1.807, 2.05) is 43.3 Å². The van der Waals surface area contributed by atoms with Gasteiger partial charge in [-0.3, -0.25) is 10.1 Å². The first-order chi connectivity index (χ1) is 13.5. The minimum absolute atomic E-state index is 0.352. The molecule has 2 heterocycles. The lowest BCUT2D eigenvalue weighted by Gasteiger charge is -2.23. The number of aromatic nitrogens is 1. The average Bonchev–Trinajstić information content (AvgIpc) is 3.11. The lowest BCUT2D eigenvalue weighted by Crippen LogP contribution is -2.38. The van der Waals surface area contributed by atoms with Crippen LogP contribution in [0.3, 0.4) is 0 Å². The van der Waals surface area contributed by atoms with E-state index in [0.717, 1.165) is 21.6 Å². The van der Waals surface area contributed by atoms with Gasteiger partial charge in [-0.2, -0.15) is 0 Å². The van der Waals surface area contributed by atoms with E-state index in [4.69, 9.17) is 16.3 Å². The van der Waals surface area contributed by atoms with Gasteiger partial charge in [0.05, 0.1) is 5.56 Å². The van der Waals surface area contributed by atoms with Crippen molar-refractivity contribution in [1.29, 1.82) is 0 Å². The Kier molecular flexibility index (Phi) is 5.15. The Morgan fingerprint density at radius 1 is 1.32 bits per heavy atom. The Labute approximate surface area is 171 Å². The van der Waals surface area contributed by atoms with Gasteiger partial charge < -0.3 is 4.74 Å². The van der Waals surface area contributed by atoms with Crippen LogP contribution in [0.4, 0.5) is 5.13 Å². The Bertz CT molecular complexity index is 1060. The number of halogens is 1. The van der Waals surface area contributed by atoms with E-state index in [9.17, 15) is 9.59 Å². The van der Waals surface area contributed by atoms with Crippen LogP contribution in [0.25, 0.3) is 0 Å². The number of aryl methyl sites for hydroxylation is 1. The fourth-order valence-electron chi connectivity index (χ4n) is 3.10. The molecular weight excluding hydrogens is 396 g/mol. The summed E-state index contributed by atoms with van der Waals surface area (Å²) < 4.78 is 5.33. The summed E-state index contributed by atoms with van der Waals surface area (Å²) >= 11 is 7.57. The average molecular weight is 413 g/mol. The van der Waals surface area contributed by atoms with Crippen molar-refractivity contribution < 1.29 is 14.3 Å². The Morgan fingerprint density at radius 2 is 2.14 bits per heavy atom. The van der Waals surface area contributed by atoms with Crippen molar-refractivity contribution in [3.63, 3.8) is 0 Å². The lowest BCUT2D eigenvalue weighted by molar-refractivity contribution is -0.125. The molecule has 0 unspecified atom stereocenters. The summed E-state index contributed by atoms with van der Waals surface area (Å²) in [4.78, 5) is 30.0. The topological polar surface area (TPSA) is 68.3 Å². The second kappa shape index (κ2) is 7.73. The number of thiazole rings is 1. The number of amides is 1. The van der Waals surface area contributed by atoms with Gasteiger partial charge in [-0.15, -0.1) is 11.3 Å². The summed E-state index contributed by atoms with van der Waals surface area (Å²) in [5.74, 6) is -0.845. The maximum Gasteiger partial charge on any atom is 0.339 e. The van der Waals surface area contributed by atoms with E-state index < -0.39 is 12.1 Å². The second-order valence-corrected chi connectivity index (χ2v) is 8.17. The number of nitrogens with one attached hydrogen (secondary N) is 1. The number of nitrogens with zero attached hydrogens (tertiary/aromatic N) is 1. The molecule has 1 atom stereocenters. The first-order valence-corrected chi connectivity index (χ1v) is 9.98. The van der Waals surface area contributed by atoms with Crippen LogP contribution in [-0.4, -0.2) is 23.0 Å². The highest BCUT2D eigenvalue weighted by atomic mass is 35.5. The molecule has 5 nitrogen and oxygen atoms in total. The van der Waals surface area contributed by atoms with E-state index in [0.29, 0.717) is 28.6 Å². The number of cyclic esters (lactones) is 1.